The average molecular weight is 278 g/mol. The summed E-state index contributed by atoms with van der Waals surface area (Å²) in [5.74, 6) is -0.471. The van der Waals surface area contributed by atoms with Crippen LogP contribution in [-0.2, 0) is 11.3 Å². The van der Waals surface area contributed by atoms with E-state index >= 15 is 0 Å². The highest BCUT2D eigenvalue weighted by molar-refractivity contribution is 6.27. The minimum Gasteiger partial charge on any atom is -0.351 e. The van der Waals surface area contributed by atoms with Crippen LogP contribution >= 0.6 is 11.6 Å². The molecule has 98 valence electrons. The van der Waals surface area contributed by atoms with Gasteiger partial charge in [0.2, 0.25) is 5.91 Å². The van der Waals surface area contributed by atoms with Crippen LogP contribution in [0.2, 0.25) is 0 Å². The molecule has 0 unspecified atom stereocenters. The van der Waals surface area contributed by atoms with E-state index < -0.39 is 0 Å². The summed E-state index contributed by atoms with van der Waals surface area (Å²) in [5, 5.41) is 2.69. The first-order valence-electron chi connectivity index (χ1n) is 5.86. The van der Waals surface area contributed by atoms with Gasteiger partial charge in [-0.2, -0.15) is 0 Å². The van der Waals surface area contributed by atoms with E-state index in [0.717, 1.165) is 16.7 Å². The van der Waals surface area contributed by atoms with Crippen molar-refractivity contribution in [1.29, 1.82) is 0 Å². The van der Waals surface area contributed by atoms with Gasteiger partial charge in [-0.3, -0.25) is 4.79 Å². The molecule has 2 rings (SSSR count). The Hall–Kier alpha value is -1.87. The van der Waals surface area contributed by atoms with Gasteiger partial charge in [0, 0.05) is 6.54 Å². The number of hydrogen-bond donors (Lipinski definition) is 1. The van der Waals surface area contributed by atoms with Crippen LogP contribution in [0.4, 0.5) is 4.39 Å². The molecular weight excluding hydrogens is 265 g/mol. The number of carbonyl (C=O) groups excluding carboxylic acids is 1. The van der Waals surface area contributed by atoms with E-state index in [1.54, 1.807) is 12.1 Å². The third-order valence-corrected chi connectivity index (χ3v) is 2.99. The monoisotopic (exact) mass is 277 g/mol. The van der Waals surface area contributed by atoms with Crippen LogP contribution in [0.15, 0.2) is 48.5 Å². The van der Waals surface area contributed by atoms with Crippen molar-refractivity contribution < 1.29 is 9.18 Å². The Bertz CT molecular complexity index is 551. The zero-order valence-electron chi connectivity index (χ0n) is 10.2. The van der Waals surface area contributed by atoms with Gasteiger partial charge in [0.05, 0.1) is 0 Å². The standard InChI is InChI=1S/C15H13ClFNO/c16-9-15(19)18-10-11-1-3-12(4-2-11)13-5-7-14(17)8-6-13/h1-8H,9-10H2,(H,18,19). The molecule has 0 bridgehead atoms. The molecule has 0 radical (unpaired) electrons. The number of rotatable bonds is 4. The summed E-state index contributed by atoms with van der Waals surface area (Å²) in [5.41, 5.74) is 2.95. The molecule has 0 aliphatic heterocycles. The normalized spacial score (nSPS) is 10.2. The minimum absolute atomic E-state index is 0.0341. The summed E-state index contributed by atoms with van der Waals surface area (Å²) in [7, 11) is 0. The summed E-state index contributed by atoms with van der Waals surface area (Å²) in [6.45, 7) is 0.454. The lowest BCUT2D eigenvalue weighted by Gasteiger charge is -2.05. The summed E-state index contributed by atoms with van der Waals surface area (Å²) in [4.78, 5) is 11.0. The summed E-state index contributed by atoms with van der Waals surface area (Å²) in [6.07, 6.45) is 0. The van der Waals surface area contributed by atoms with Crippen molar-refractivity contribution in [2.24, 2.45) is 0 Å². The van der Waals surface area contributed by atoms with Crippen LogP contribution in [0.3, 0.4) is 0 Å². The van der Waals surface area contributed by atoms with Crippen LogP contribution in [0.5, 0.6) is 0 Å². The van der Waals surface area contributed by atoms with E-state index in [2.05, 4.69) is 5.32 Å². The van der Waals surface area contributed by atoms with Gasteiger partial charge >= 0.3 is 0 Å². The van der Waals surface area contributed by atoms with E-state index in [0.29, 0.717) is 6.54 Å². The second-order valence-corrected chi connectivity index (χ2v) is 4.38. The van der Waals surface area contributed by atoms with E-state index in [1.165, 1.54) is 12.1 Å². The predicted molar refractivity (Wildman–Crippen MR) is 74.4 cm³/mol. The lowest BCUT2D eigenvalue weighted by molar-refractivity contribution is -0.118. The molecule has 4 heteroatoms. The van der Waals surface area contributed by atoms with Gasteiger partial charge in [-0.15, -0.1) is 11.6 Å². The molecular formula is C15H13ClFNO. The van der Waals surface area contributed by atoms with Crippen molar-refractivity contribution >= 4 is 17.5 Å². The van der Waals surface area contributed by atoms with Crippen molar-refractivity contribution in [2.75, 3.05) is 5.88 Å². The highest BCUT2D eigenvalue weighted by Crippen LogP contribution is 2.20. The number of carbonyl (C=O) groups is 1. The second-order valence-electron chi connectivity index (χ2n) is 4.11. The van der Waals surface area contributed by atoms with E-state index in [1.807, 2.05) is 24.3 Å². The largest absolute Gasteiger partial charge is 0.351 e. The molecule has 0 spiro atoms. The van der Waals surface area contributed by atoms with E-state index in [4.69, 9.17) is 11.6 Å². The predicted octanol–water partition coefficient (Wildman–Crippen LogP) is 3.35. The average Bonchev–Trinajstić information content (AvgIpc) is 2.46. The molecule has 0 aliphatic carbocycles. The van der Waals surface area contributed by atoms with Gasteiger partial charge in [0.25, 0.3) is 0 Å². The van der Waals surface area contributed by atoms with Crippen molar-refractivity contribution in [2.45, 2.75) is 6.54 Å². The Labute approximate surface area is 116 Å². The molecule has 0 saturated heterocycles. The van der Waals surface area contributed by atoms with Crippen molar-refractivity contribution in [3.63, 3.8) is 0 Å². The van der Waals surface area contributed by atoms with Crippen LogP contribution in [0, 0.1) is 5.82 Å². The molecule has 0 heterocycles. The number of benzene rings is 2. The topological polar surface area (TPSA) is 29.1 Å². The lowest BCUT2D eigenvalue weighted by atomic mass is 10.0. The lowest BCUT2D eigenvalue weighted by Crippen LogP contribution is -2.23. The summed E-state index contributed by atoms with van der Waals surface area (Å²) in [6, 6.07) is 14.1. The second kappa shape index (κ2) is 6.34. The van der Waals surface area contributed by atoms with Gasteiger partial charge in [-0.1, -0.05) is 36.4 Å². The van der Waals surface area contributed by atoms with Crippen LogP contribution < -0.4 is 5.32 Å². The molecule has 2 aromatic rings. The maximum atomic E-state index is 12.8. The minimum atomic E-state index is -0.246. The number of nitrogens with one attached hydrogen (secondary N) is 1. The van der Waals surface area contributed by atoms with Crippen molar-refractivity contribution in [3.8, 4) is 11.1 Å². The first kappa shape index (κ1) is 13.6. The molecule has 0 aliphatic rings. The zero-order chi connectivity index (χ0) is 13.7. The SMILES string of the molecule is O=C(CCl)NCc1ccc(-c2ccc(F)cc2)cc1. The zero-order valence-corrected chi connectivity index (χ0v) is 11.0. The van der Waals surface area contributed by atoms with Crippen molar-refractivity contribution in [3.05, 3.63) is 59.9 Å². The third-order valence-electron chi connectivity index (χ3n) is 2.74. The highest BCUT2D eigenvalue weighted by atomic mass is 35.5. The first-order chi connectivity index (χ1) is 9.19. The summed E-state index contributed by atoms with van der Waals surface area (Å²) >= 11 is 5.39. The number of hydrogen-bond acceptors (Lipinski definition) is 1. The fourth-order valence-electron chi connectivity index (χ4n) is 1.71. The number of amides is 1. The molecule has 1 amide bonds. The Balaban J connectivity index is 2.06. The van der Waals surface area contributed by atoms with Crippen LogP contribution in [0.25, 0.3) is 11.1 Å². The molecule has 1 N–H and O–H groups in total. The Morgan fingerprint density at radius 2 is 1.53 bits per heavy atom. The van der Waals surface area contributed by atoms with Crippen molar-refractivity contribution in [1.82, 2.24) is 5.32 Å². The molecule has 0 fully saturated rings. The highest BCUT2D eigenvalue weighted by Gasteiger charge is 2.01. The van der Waals surface area contributed by atoms with Gasteiger partial charge in [0.15, 0.2) is 0 Å². The van der Waals surface area contributed by atoms with Crippen LogP contribution in [-0.4, -0.2) is 11.8 Å². The molecule has 0 saturated carbocycles. The smallest absolute Gasteiger partial charge is 0.235 e. The maximum absolute atomic E-state index is 12.8. The molecule has 19 heavy (non-hydrogen) atoms. The van der Waals surface area contributed by atoms with Crippen LogP contribution in [0.1, 0.15) is 5.56 Å². The Kier molecular flexibility index (Phi) is 4.53. The third kappa shape index (κ3) is 3.80. The Morgan fingerprint density at radius 3 is 2.05 bits per heavy atom. The molecule has 0 aromatic heterocycles. The Morgan fingerprint density at radius 1 is 1.00 bits per heavy atom. The summed E-state index contributed by atoms with van der Waals surface area (Å²) < 4.78 is 12.8. The number of halogens is 2. The van der Waals surface area contributed by atoms with Gasteiger partial charge in [-0.25, -0.2) is 4.39 Å². The van der Waals surface area contributed by atoms with E-state index in [9.17, 15) is 9.18 Å². The fraction of sp³-hybridized carbons (Fsp3) is 0.133. The molecule has 2 nitrogen and oxygen atoms in total. The molecule has 0 atom stereocenters. The first-order valence-corrected chi connectivity index (χ1v) is 6.40. The maximum Gasteiger partial charge on any atom is 0.235 e. The quantitative estimate of drug-likeness (QED) is 0.853. The van der Waals surface area contributed by atoms with Gasteiger partial charge in [-0.05, 0) is 28.8 Å². The fourth-order valence-corrected chi connectivity index (χ4v) is 1.80. The number of alkyl halides is 1. The van der Waals surface area contributed by atoms with Gasteiger partial charge < -0.3 is 5.32 Å². The van der Waals surface area contributed by atoms with E-state index in [-0.39, 0.29) is 17.6 Å². The molecule has 2 aromatic carbocycles. The van der Waals surface area contributed by atoms with Gasteiger partial charge in [0.1, 0.15) is 11.7 Å².